The number of nitrogens with one attached hydrogen (secondary N) is 1. The number of rotatable bonds is 2. The molecule has 0 unspecified atom stereocenters. The van der Waals surface area contributed by atoms with E-state index in [4.69, 9.17) is 16.3 Å². The van der Waals surface area contributed by atoms with Crippen molar-refractivity contribution in [2.45, 2.75) is 0 Å². The third-order valence-corrected chi connectivity index (χ3v) is 2.68. The molecule has 0 aliphatic carbocycles. The summed E-state index contributed by atoms with van der Waals surface area (Å²) in [6, 6.07) is 4.94. The van der Waals surface area contributed by atoms with E-state index in [1.165, 1.54) is 11.9 Å². The lowest BCUT2D eigenvalue weighted by Gasteiger charge is -2.28. The van der Waals surface area contributed by atoms with Gasteiger partial charge in [0.25, 0.3) is 5.91 Å². The first-order chi connectivity index (χ1) is 8.11. The van der Waals surface area contributed by atoms with Crippen molar-refractivity contribution in [3.63, 3.8) is 0 Å². The average Bonchev–Trinajstić information content (AvgIpc) is 2.32. The van der Waals surface area contributed by atoms with Crippen molar-refractivity contribution in [2.24, 2.45) is 0 Å². The molecule has 1 aliphatic heterocycles. The summed E-state index contributed by atoms with van der Waals surface area (Å²) < 4.78 is 5.25. The second-order valence-electron chi connectivity index (χ2n) is 3.55. The number of hydrogen-bond donors (Lipinski definition) is 1. The van der Waals surface area contributed by atoms with E-state index in [1.54, 1.807) is 18.2 Å². The first-order valence-electron chi connectivity index (χ1n) is 5.05. The van der Waals surface area contributed by atoms with Gasteiger partial charge in [-0.3, -0.25) is 14.5 Å². The third-order valence-electron chi connectivity index (χ3n) is 2.45. The highest BCUT2D eigenvalue weighted by Crippen LogP contribution is 2.34. The van der Waals surface area contributed by atoms with Crippen LogP contribution in [0.15, 0.2) is 18.2 Å². The van der Waals surface area contributed by atoms with Gasteiger partial charge in [0, 0.05) is 18.1 Å². The highest BCUT2D eigenvalue weighted by atomic mass is 35.5. The number of fused-ring (bicyclic) bond motifs is 1. The molecule has 17 heavy (non-hydrogen) atoms. The first-order valence-corrected chi connectivity index (χ1v) is 5.43. The minimum Gasteiger partial charge on any atom is -0.482 e. The van der Waals surface area contributed by atoms with E-state index < -0.39 is 0 Å². The monoisotopic (exact) mass is 254 g/mol. The van der Waals surface area contributed by atoms with Gasteiger partial charge in [-0.1, -0.05) is 11.6 Å². The fourth-order valence-electron chi connectivity index (χ4n) is 1.57. The Hall–Kier alpha value is -1.75. The molecule has 5 nitrogen and oxygen atoms in total. The second-order valence-corrected chi connectivity index (χ2v) is 3.99. The molecule has 0 bridgehead atoms. The standard InChI is InChI=1S/C11H11ClN2O3/c1-13-10(15)5-14-8-3-2-7(12)4-9(8)17-6-11(14)16/h2-4H,5-6H2,1H3,(H,13,15). The number of hydrogen-bond acceptors (Lipinski definition) is 3. The highest BCUT2D eigenvalue weighted by molar-refractivity contribution is 6.30. The van der Waals surface area contributed by atoms with Gasteiger partial charge in [0.15, 0.2) is 6.61 Å². The molecule has 0 fully saturated rings. The zero-order chi connectivity index (χ0) is 12.4. The fourth-order valence-corrected chi connectivity index (χ4v) is 1.74. The third kappa shape index (κ3) is 2.34. The van der Waals surface area contributed by atoms with Gasteiger partial charge in [-0.2, -0.15) is 0 Å². The first kappa shape index (κ1) is 11.7. The number of anilines is 1. The zero-order valence-electron chi connectivity index (χ0n) is 9.20. The molecule has 1 aliphatic rings. The number of benzene rings is 1. The number of ether oxygens (including phenoxy) is 1. The van der Waals surface area contributed by atoms with Gasteiger partial charge >= 0.3 is 0 Å². The predicted molar refractivity (Wildman–Crippen MR) is 63.4 cm³/mol. The number of nitrogens with zero attached hydrogens (tertiary/aromatic N) is 1. The van der Waals surface area contributed by atoms with Crippen LogP contribution in [0.4, 0.5) is 5.69 Å². The van der Waals surface area contributed by atoms with E-state index in [-0.39, 0.29) is 25.0 Å². The topological polar surface area (TPSA) is 58.6 Å². The second kappa shape index (κ2) is 4.63. The molecule has 6 heteroatoms. The van der Waals surface area contributed by atoms with Gasteiger partial charge in [0.1, 0.15) is 12.3 Å². The number of halogens is 1. The molecule has 1 aromatic carbocycles. The van der Waals surface area contributed by atoms with E-state index in [2.05, 4.69) is 5.32 Å². The summed E-state index contributed by atoms with van der Waals surface area (Å²) in [5.74, 6) is 0.0329. The maximum atomic E-state index is 11.7. The van der Waals surface area contributed by atoms with Crippen LogP contribution in [0.5, 0.6) is 5.75 Å². The van der Waals surface area contributed by atoms with Gasteiger partial charge in [-0.25, -0.2) is 0 Å². The molecule has 1 N–H and O–H groups in total. The largest absolute Gasteiger partial charge is 0.482 e. The van der Waals surface area contributed by atoms with E-state index in [0.29, 0.717) is 16.5 Å². The van der Waals surface area contributed by atoms with Crippen molar-refractivity contribution in [1.29, 1.82) is 0 Å². The molecule has 0 saturated carbocycles. The smallest absolute Gasteiger partial charge is 0.265 e. The molecule has 1 heterocycles. The van der Waals surface area contributed by atoms with Crippen molar-refractivity contribution < 1.29 is 14.3 Å². The lowest BCUT2D eigenvalue weighted by molar-refractivity contribution is -0.125. The molecular formula is C11H11ClN2O3. The maximum Gasteiger partial charge on any atom is 0.265 e. The van der Waals surface area contributed by atoms with Gasteiger partial charge in [-0.05, 0) is 12.1 Å². The number of carbonyl (C=O) groups is 2. The SMILES string of the molecule is CNC(=O)CN1C(=O)COc2cc(Cl)ccc21. The Kier molecular flexibility index (Phi) is 3.19. The molecule has 0 spiro atoms. The number of amides is 2. The summed E-state index contributed by atoms with van der Waals surface area (Å²) in [6.45, 7) is -0.0995. The fraction of sp³-hybridized carbons (Fsp3) is 0.273. The molecular weight excluding hydrogens is 244 g/mol. The normalized spacial score (nSPS) is 14.0. The van der Waals surface area contributed by atoms with Crippen LogP contribution in [0.3, 0.4) is 0 Å². The summed E-state index contributed by atoms with van der Waals surface area (Å²) in [7, 11) is 1.52. The Morgan fingerprint density at radius 3 is 3.06 bits per heavy atom. The Bertz CT molecular complexity index is 476. The average molecular weight is 255 g/mol. The summed E-state index contributed by atoms with van der Waals surface area (Å²) >= 11 is 5.83. The van der Waals surface area contributed by atoms with E-state index in [9.17, 15) is 9.59 Å². The van der Waals surface area contributed by atoms with Crippen molar-refractivity contribution in [3.05, 3.63) is 23.2 Å². The number of carbonyl (C=O) groups excluding carboxylic acids is 2. The minimum atomic E-state index is -0.247. The van der Waals surface area contributed by atoms with Crippen LogP contribution >= 0.6 is 11.6 Å². The summed E-state index contributed by atoms with van der Waals surface area (Å²) in [6.07, 6.45) is 0. The molecule has 0 atom stereocenters. The van der Waals surface area contributed by atoms with Crippen molar-refractivity contribution in [3.8, 4) is 5.75 Å². The lowest BCUT2D eigenvalue weighted by atomic mass is 10.2. The van der Waals surface area contributed by atoms with Crippen LogP contribution in [0.1, 0.15) is 0 Å². The quantitative estimate of drug-likeness (QED) is 0.850. The molecule has 1 aromatic rings. The van der Waals surface area contributed by atoms with Gasteiger partial charge in [-0.15, -0.1) is 0 Å². The van der Waals surface area contributed by atoms with Gasteiger partial charge in [0.05, 0.1) is 5.69 Å². The summed E-state index contributed by atoms with van der Waals surface area (Å²) in [4.78, 5) is 24.4. The lowest BCUT2D eigenvalue weighted by Crippen LogP contribution is -2.44. The van der Waals surface area contributed by atoms with Crippen LogP contribution in [0.2, 0.25) is 5.02 Å². The maximum absolute atomic E-state index is 11.7. The molecule has 2 amide bonds. The van der Waals surface area contributed by atoms with E-state index >= 15 is 0 Å². The van der Waals surface area contributed by atoms with Crippen LogP contribution in [0, 0.1) is 0 Å². The Morgan fingerprint density at radius 1 is 1.59 bits per heavy atom. The highest BCUT2D eigenvalue weighted by Gasteiger charge is 2.26. The van der Waals surface area contributed by atoms with Crippen LogP contribution < -0.4 is 15.0 Å². The Morgan fingerprint density at radius 2 is 2.35 bits per heavy atom. The van der Waals surface area contributed by atoms with E-state index in [1.807, 2.05) is 0 Å². The number of likely N-dealkylation sites (N-methyl/N-ethyl adjacent to an activating group) is 1. The molecule has 0 radical (unpaired) electrons. The Labute approximate surface area is 103 Å². The van der Waals surface area contributed by atoms with Crippen LogP contribution in [0.25, 0.3) is 0 Å². The molecule has 2 rings (SSSR count). The molecule has 0 saturated heterocycles. The van der Waals surface area contributed by atoms with Crippen molar-refractivity contribution in [1.82, 2.24) is 5.32 Å². The predicted octanol–water partition coefficient (Wildman–Crippen LogP) is 0.811. The van der Waals surface area contributed by atoms with Gasteiger partial charge in [0.2, 0.25) is 5.91 Å². The summed E-state index contributed by atoms with van der Waals surface area (Å²) in [5.41, 5.74) is 0.564. The van der Waals surface area contributed by atoms with Gasteiger partial charge < -0.3 is 10.1 Å². The van der Waals surface area contributed by atoms with Crippen LogP contribution in [-0.4, -0.2) is 32.0 Å². The van der Waals surface area contributed by atoms with E-state index in [0.717, 1.165) is 0 Å². The zero-order valence-corrected chi connectivity index (χ0v) is 9.95. The Balaban J connectivity index is 2.33. The summed E-state index contributed by atoms with van der Waals surface area (Å²) in [5, 5.41) is 3.00. The molecule has 0 aromatic heterocycles. The minimum absolute atomic E-state index is 0.0205. The molecule has 90 valence electrons. The van der Waals surface area contributed by atoms with Crippen molar-refractivity contribution in [2.75, 3.05) is 25.1 Å². The van der Waals surface area contributed by atoms with Crippen LogP contribution in [-0.2, 0) is 9.59 Å². The van der Waals surface area contributed by atoms with Crippen molar-refractivity contribution >= 4 is 29.1 Å².